The summed E-state index contributed by atoms with van der Waals surface area (Å²) in [6, 6.07) is 12.7. The van der Waals surface area contributed by atoms with Gasteiger partial charge in [-0.2, -0.15) is 5.10 Å². The Labute approximate surface area is 163 Å². The van der Waals surface area contributed by atoms with Crippen molar-refractivity contribution in [2.24, 2.45) is 0 Å². The molecule has 1 atom stereocenters. The summed E-state index contributed by atoms with van der Waals surface area (Å²) < 4.78 is 5.61. The third kappa shape index (κ3) is 2.32. The van der Waals surface area contributed by atoms with Crippen LogP contribution in [-0.4, -0.2) is 10.2 Å². The number of aryl methyl sites for hydroxylation is 1. The molecule has 0 aliphatic carbocycles. The van der Waals surface area contributed by atoms with Crippen LogP contribution in [0.2, 0.25) is 10.0 Å². The maximum absolute atomic E-state index is 13.0. The zero-order chi connectivity index (χ0) is 18.7. The van der Waals surface area contributed by atoms with E-state index in [2.05, 4.69) is 15.5 Å². The van der Waals surface area contributed by atoms with Crippen LogP contribution in [0.4, 0.5) is 11.5 Å². The van der Waals surface area contributed by atoms with E-state index in [1.165, 1.54) is 0 Å². The van der Waals surface area contributed by atoms with Gasteiger partial charge in [0.25, 0.3) is 0 Å². The molecule has 2 aromatic heterocycles. The number of aromatic amines is 1. The van der Waals surface area contributed by atoms with Crippen LogP contribution >= 0.6 is 23.2 Å². The second-order valence-corrected chi connectivity index (χ2v) is 7.29. The average molecular weight is 398 g/mol. The molecule has 1 aliphatic rings. The number of anilines is 2. The minimum Gasteiger partial charge on any atom is -0.422 e. The van der Waals surface area contributed by atoms with E-state index >= 15 is 0 Å². The highest BCUT2D eigenvalue weighted by Crippen LogP contribution is 2.49. The average Bonchev–Trinajstić information content (AvgIpc) is 3.02. The number of fused-ring (bicyclic) bond motifs is 4. The Morgan fingerprint density at radius 3 is 2.52 bits per heavy atom. The van der Waals surface area contributed by atoms with Gasteiger partial charge in [0.2, 0.25) is 0 Å². The Bertz CT molecular complexity index is 1260. The number of hydrogen-bond donors (Lipinski definition) is 2. The Hall–Kier alpha value is -2.76. The van der Waals surface area contributed by atoms with Crippen LogP contribution in [0.5, 0.6) is 0 Å². The van der Waals surface area contributed by atoms with E-state index in [4.69, 9.17) is 27.6 Å². The smallest absolute Gasteiger partial charge is 0.342 e. The molecule has 0 saturated heterocycles. The number of nitrogens with one attached hydrogen (secondary N) is 2. The van der Waals surface area contributed by atoms with Gasteiger partial charge in [0.1, 0.15) is 5.58 Å². The van der Waals surface area contributed by atoms with Crippen molar-refractivity contribution in [3.63, 3.8) is 0 Å². The van der Waals surface area contributed by atoms with E-state index in [1.807, 2.05) is 25.1 Å². The lowest BCUT2D eigenvalue weighted by Gasteiger charge is -2.28. The molecule has 134 valence electrons. The fraction of sp³-hybridized carbons (Fsp3) is 0.100. The molecule has 0 spiro atoms. The molecular weight excluding hydrogens is 385 g/mol. The minimum atomic E-state index is -0.489. The first kappa shape index (κ1) is 16.4. The molecule has 3 heterocycles. The van der Waals surface area contributed by atoms with Crippen LogP contribution < -0.4 is 10.9 Å². The fourth-order valence-corrected chi connectivity index (χ4v) is 4.40. The van der Waals surface area contributed by atoms with Gasteiger partial charge in [-0.05, 0) is 31.2 Å². The molecule has 1 aliphatic heterocycles. The molecule has 0 bridgehead atoms. The van der Waals surface area contributed by atoms with Crippen molar-refractivity contribution >= 4 is 45.7 Å². The summed E-state index contributed by atoms with van der Waals surface area (Å²) >= 11 is 13.0. The fourth-order valence-electron chi connectivity index (χ4n) is 3.79. The van der Waals surface area contributed by atoms with Gasteiger partial charge in [-0.3, -0.25) is 5.10 Å². The van der Waals surface area contributed by atoms with Crippen molar-refractivity contribution in [1.29, 1.82) is 0 Å². The first-order valence-electron chi connectivity index (χ1n) is 8.37. The lowest BCUT2D eigenvalue weighted by Crippen LogP contribution is -2.23. The normalized spacial score (nSPS) is 15.3. The quantitative estimate of drug-likeness (QED) is 0.373. The van der Waals surface area contributed by atoms with E-state index in [0.717, 1.165) is 16.6 Å². The van der Waals surface area contributed by atoms with Gasteiger partial charge in [-0.1, -0.05) is 41.4 Å². The number of aromatic nitrogens is 2. The highest BCUT2D eigenvalue weighted by atomic mass is 35.5. The Morgan fingerprint density at radius 1 is 1.00 bits per heavy atom. The maximum Gasteiger partial charge on any atom is 0.342 e. The van der Waals surface area contributed by atoms with E-state index in [9.17, 15) is 4.79 Å². The molecule has 0 amide bonds. The Kier molecular flexibility index (Phi) is 3.57. The van der Waals surface area contributed by atoms with Crippen molar-refractivity contribution < 1.29 is 4.42 Å². The van der Waals surface area contributed by atoms with Crippen molar-refractivity contribution in [2.75, 3.05) is 5.32 Å². The zero-order valence-corrected chi connectivity index (χ0v) is 15.7. The number of benzene rings is 2. The maximum atomic E-state index is 13.0. The number of para-hydroxylation sites is 1. The molecule has 27 heavy (non-hydrogen) atoms. The van der Waals surface area contributed by atoms with Crippen LogP contribution in [0.25, 0.3) is 11.0 Å². The number of halogens is 2. The van der Waals surface area contributed by atoms with Crippen LogP contribution in [0, 0.1) is 6.92 Å². The SMILES string of the molecule is Cc1[nH]nc2c1C(c1c(Cl)cccc1Cl)c1c(c3ccccc3oc1=O)N2. The predicted molar refractivity (Wildman–Crippen MR) is 106 cm³/mol. The van der Waals surface area contributed by atoms with Crippen LogP contribution in [0.3, 0.4) is 0 Å². The summed E-state index contributed by atoms with van der Waals surface area (Å²) in [5.41, 5.74) is 3.55. The second-order valence-electron chi connectivity index (χ2n) is 6.48. The summed E-state index contributed by atoms with van der Waals surface area (Å²) in [7, 11) is 0. The van der Waals surface area contributed by atoms with Crippen molar-refractivity contribution in [1.82, 2.24) is 10.2 Å². The molecule has 4 aromatic rings. The molecule has 2 N–H and O–H groups in total. The highest BCUT2D eigenvalue weighted by Gasteiger charge is 2.37. The van der Waals surface area contributed by atoms with Crippen molar-refractivity contribution in [2.45, 2.75) is 12.8 Å². The molecule has 5 nitrogen and oxygen atoms in total. The third-order valence-electron chi connectivity index (χ3n) is 4.95. The Morgan fingerprint density at radius 2 is 1.74 bits per heavy atom. The molecule has 0 saturated carbocycles. The van der Waals surface area contributed by atoms with E-state index < -0.39 is 11.5 Å². The standard InChI is InChI=1S/C20H13Cl2N3O2/c1-9-14-16(15-11(21)6-4-7-12(15)22)17-18(23-19(14)25-24-9)10-5-2-3-8-13(10)27-20(17)26/h2-8,16H,1H3,(H2,23,24,25). The van der Waals surface area contributed by atoms with Crippen LogP contribution in [0.1, 0.15) is 28.3 Å². The Balaban J connectivity index is 1.94. The predicted octanol–water partition coefficient (Wildman–Crippen LogP) is 5.37. The lowest BCUT2D eigenvalue weighted by molar-refractivity contribution is 0.549. The number of nitrogens with zero attached hydrogens (tertiary/aromatic N) is 1. The van der Waals surface area contributed by atoms with E-state index in [0.29, 0.717) is 38.3 Å². The van der Waals surface area contributed by atoms with Gasteiger partial charge < -0.3 is 9.73 Å². The van der Waals surface area contributed by atoms with Gasteiger partial charge in [0, 0.05) is 32.3 Å². The molecular formula is C20H13Cl2N3O2. The summed E-state index contributed by atoms with van der Waals surface area (Å²) in [6.45, 7) is 1.90. The van der Waals surface area contributed by atoms with Crippen LogP contribution in [-0.2, 0) is 0 Å². The van der Waals surface area contributed by atoms with Gasteiger partial charge in [0.15, 0.2) is 5.82 Å². The number of rotatable bonds is 1. The van der Waals surface area contributed by atoms with Gasteiger partial charge in [-0.15, -0.1) is 0 Å². The van der Waals surface area contributed by atoms with Gasteiger partial charge in [-0.25, -0.2) is 4.79 Å². The van der Waals surface area contributed by atoms with Crippen molar-refractivity contribution in [3.8, 4) is 0 Å². The summed E-state index contributed by atoms with van der Waals surface area (Å²) in [5.74, 6) is 0.161. The zero-order valence-electron chi connectivity index (χ0n) is 14.1. The number of hydrogen-bond acceptors (Lipinski definition) is 4. The lowest BCUT2D eigenvalue weighted by atomic mass is 9.82. The molecule has 0 radical (unpaired) electrons. The first-order chi connectivity index (χ1) is 13.1. The van der Waals surface area contributed by atoms with Crippen LogP contribution in [0.15, 0.2) is 51.7 Å². The monoisotopic (exact) mass is 397 g/mol. The second kappa shape index (κ2) is 5.87. The molecule has 7 heteroatoms. The first-order valence-corrected chi connectivity index (χ1v) is 9.13. The van der Waals surface area contributed by atoms with Crippen molar-refractivity contribution in [3.05, 3.63) is 85.3 Å². The summed E-state index contributed by atoms with van der Waals surface area (Å²) in [4.78, 5) is 13.0. The summed E-state index contributed by atoms with van der Waals surface area (Å²) in [6.07, 6.45) is 0. The van der Waals surface area contributed by atoms with E-state index in [1.54, 1.807) is 24.3 Å². The third-order valence-corrected chi connectivity index (χ3v) is 5.61. The van der Waals surface area contributed by atoms with Gasteiger partial charge >= 0.3 is 5.63 Å². The largest absolute Gasteiger partial charge is 0.422 e. The molecule has 0 fully saturated rings. The topological polar surface area (TPSA) is 70.9 Å². The highest BCUT2D eigenvalue weighted by molar-refractivity contribution is 6.36. The molecule has 1 unspecified atom stereocenters. The van der Waals surface area contributed by atoms with Gasteiger partial charge in [0.05, 0.1) is 17.2 Å². The number of H-pyrrole nitrogens is 1. The van der Waals surface area contributed by atoms with E-state index in [-0.39, 0.29) is 0 Å². The summed E-state index contributed by atoms with van der Waals surface area (Å²) in [5, 5.41) is 12.4. The molecule has 2 aromatic carbocycles. The molecule has 5 rings (SSSR count). The minimum absolute atomic E-state index is 0.427.